The van der Waals surface area contributed by atoms with E-state index in [0.29, 0.717) is 11.4 Å². The molecule has 4 N–H and O–H groups in total. The van der Waals surface area contributed by atoms with Crippen LogP contribution in [0.1, 0.15) is 31.7 Å². The number of aryl methyl sites for hydroxylation is 1. The molecule has 0 radical (unpaired) electrons. The Morgan fingerprint density at radius 1 is 1.00 bits per heavy atom. The van der Waals surface area contributed by atoms with Gasteiger partial charge in [0.2, 0.25) is 6.29 Å². The number of unbranched alkanes of at least 4 members (excludes halogenated alkanes) is 1. The molecule has 0 aliphatic heterocycles. The minimum Gasteiger partial charge on any atom is -0.455 e. The second-order valence-electron chi connectivity index (χ2n) is 5.36. The molecular weight excluding hydrogens is 276 g/mol. The number of nitrogens with two attached hydrogens (primary N) is 2. The maximum absolute atomic E-state index is 5.98. The number of anilines is 2. The molecule has 0 fully saturated rings. The van der Waals surface area contributed by atoms with Crippen molar-refractivity contribution >= 4 is 11.4 Å². The highest BCUT2D eigenvalue weighted by Crippen LogP contribution is 2.25. The van der Waals surface area contributed by atoms with Crippen molar-refractivity contribution in [2.75, 3.05) is 11.5 Å². The van der Waals surface area contributed by atoms with Gasteiger partial charge in [0.25, 0.3) is 0 Å². The molecule has 2 aromatic rings. The summed E-state index contributed by atoms with van der Waals surface area (Å²) in [5.74, 6) is 1.40. The first kappa shape index (κ1) is 16.0. The van der Waals surface area contributed by atoms with Crippen molar-refractivity contribution in [3.8, 4) is 11.5 Å². The van der Waals surface area contributed by atoms with Crippen molar-refractivity contribution in [2.45, 2.75) is 39.4 Å². The van der Waals surface area contributed by atoms with Gasteiger partial charge >= 0.3 is 0 Å². The number of nitrogen functional groups attached to an aromatic ring is 2. The molecule has 0 spiro atoms. The first-order chi connectivity index (χ1) is 10.6. The van der Waals surface area contributed by atoms with Crippen LogP contribution in [0.5, 0.6) is 11.5 Å². The van der Waals surface area contributed by atoms with E-state index in [1.807, 2.05) is 49.4 Å². The standard InChI is InChI=1S/C18H24N2O2/c1-3-4-9-18(22-17-8-6-5-7-16(17)20)21-14-10-11-15(19)13(2)12-14/h5-8,10-12,18H,3-4,9,19-20H2,1-2H3. The van der Waals surface area contributed by atoms with E-state index in [4.69, 9.17) is 20.9 Å². The zero-order valence-electron chi connectivity index (χ0n) is 13.2. The van der Waals surface area contributed by atoms with E-state index in [1.165, 1.54) is 0 Å². The Bertz CT molecular complexity index is 614. The smallest absolute Gasteiger partial charge is 0.241 e. The molecule has 4 nitrogen and oxygen atoms in total. The summed E-state index contributed by atoms with van der Waals surface area (Å²) in [7, 11) is 0. The van der Waals surface area contributed by atoms with Crippen LogP contribution in [-0.2, 0) is 0 Å². The van der Waals surface area contributed by atoms with Crippen LogP contribution in [0.25, 0.3) is 0 Å². The molecule has 0 saturated carbocycles. The fourth-order valence-electron chi connectivity index (χ4n) is 2.12. The third-order valence-corrected chi connectivity index (χ3v) is 3.48. The zero-order chi connectivity index (χ0) is 15.9. The second kappa shape index (κ2) is 7.59. The maximum Gasteiger partial charge on any atom is 0.241 e. The van der Waals surface area contributed by atoms with Gasteiger partial charge in [-0.15, -0.1) is 0 Å². The van der Waals surface area contributed by atoms with E-state index >= 15 is 0 Å². The molecule has 1 unspecified atom stereocenters. The van der Waals surface area contributed by atoms with Gasteiger partial charge in [0.15, 0.2) is 0 Å². The molecule has 4 heteroatoms. The lowest BCUT2D eigenvalue weighted by atomic mass is 10.2. The van der Waals surface area contributed by atoms with E-state index in [2.05, 4.69) is 6.92 Å². The Hall–Kier alpha value is -2.36. The van der Waals surface area contributed by atoms with E-state index in [0.717, 1.165) is 36.3 Å². The molecule has 1 atom stereocenters. The SMILES string of the molecule is CCCCC(Oc1ccc(N)c(C)c1)Oc1ccccc1N. The summed E-state index contributed by atoms with van der Waals surface area (Å²) < 4.78 is 11.9. The number of benzene rings is 2. The summed E-state index contributed by atoms with van der Waals surface area (Å²) in [6.07, 6.45) is 2.53. The molecule has 0 bridgehead atoms. The van der Waals surface area contributed by atoms with Gasteiger partial charge in [-0.1, -0.05) is 25.5 Å². The van der Waals surface area contributed by atoms with Crippen LogP contribution in [0.2, 0.25) is 0 Å². The summed E-state index contributed by atoms with van der Waals surface area (Å²) in [6.45, 7) is 4.10. The quantitative estimate of drug-likeness (QED) is 0.595. The molecule has 0 aliphatic rings. The molecule has 22 heavy (non-hydrogen) atoms. The maximum atomic E-state index is 5.98. The number of rotatable bonds is 7. The monoisotopic (exact) mass is 300 g/mol. The van der Waals surface area contributed by atoms with Gasteiger partial charge in [-0.25, -0.2) is 0 Å². The predicted molar refractivity (Wildman–Crippen MR) is 91.0 cm³/mol. The molecule has 0 aromatic heterocycles. The Morgan fingerprint density at radius 3 is 2.45 bits per heavy atom. The Kier molecular flexibility index (Phi) is 5.53. The molecule has 0 saturated heterocycles. The normalized spacial score (nSPS) is 11.9. The van der Waals surface area contributed by atoms with E-state index in [1.54, 1.807) is 0 Å². The highest BCUT2D eigenvalue weighted by molar-refractivity contribution is 5.52. The molecule has 2 rings (SSSR count). The van der Waals surface area contributed by atoms with Crippen LogP contribution in [0.15, 0.2) is 42.5 Å². The van der Waals surface area contributed by atoms with E-state index in [-0.39, 0.29) is 6.29 Å². The van der Waals surface area contributed by atoms with Crippen molar-refractivity contribution in [2.24, 2.45) is 0 Å². The number of hydrogen-bond donors (Lipinski definition) is 2. The molecule has 118 valence electrons. The van der Waals surface area contributed by atoms with Gasteiger partial charge in [-0.3, -0.25) is 0 Å². The van der Waals surface area contributed by atoms with Crippen LogP contribution < -0.4 is 20.9 Å². The zero-order valence-corrected chi connectivity index (χ0v) is 13.2. The Balaban J connectivity index is 2.11. The third-order valence-electron chi connectivity index (χ3n) is 3.48. The van der Waals surface area contributed by atoms with Crippen molar-refractivity contribution < 1.29 is 9.47 Å². The Labute approximate surface area is 132 Å². The predicted octanol–water partition coefficient (Wildman–Crippen LogP) is 4.13. The lowest BCUT2D eigenvalue weighted by Crippen LogP contribution is -2.24. The van der Waals surface area contributed by atoms with Crippen molar-refractivity contribution in [3.05, 3.63) is 48.0 Å². The summed E-state index contributed by atoms with van der Waals surface area (Å²) in [5.41, 5.74) is 14.1. The van der Waals surface area contributed by atoms with Gasteiger partial charge in [-0.2, -0.15) is 0 Å². The fraction of sp³-hybridized carbons (Fsp3) is 0.333. The lowest BCUT2D eigenvalue weighted by molar-refractivity contribution is -0.00158. The first-order valence-electron chi connectivity index (χ1n) is 7.64. The number of para-hydroxylation sites is 2. The summed E-state index contributed by atoms with van der Waals surface area (Å²) in [4.78, 5) is 0. The highest BCUT2D eigenvalue weighted by atomic mass is 16.7. The number of hydrogen-bond acceptors (Lipinski definition) is 4. The Morgan fingerprint density at radius 2 is 1.77 bits per heavy atom. The van der Waals surface area contributed by atoms with Gasteiger partial charge in [0.05, 0.1) is 5.69 Å². The third kappa shape index (κ3) is 4.32. The summed E-state index contributed by atoms with van der Waals surface area (Å²) in [6, 6.07) is 13.1. The summed E-state index contributed by atoms with van der Waals surface area (Å²) >= 11 is 0. The van der Waals surface area contributed by atoms with Crippen LogP contribution in [-0.4, -0.2) is 6.29 Å². The van der Waals surface area contributed by atoms with Gasteiger partial charge in [0, 0.05) is 12.1 Å². The minimum atomic E-state index is -0.368. The van der Waals surface area contributed by atoms with Gasteiger partial charge in [0.1, 0.15) is 11.5 Å². The fourth-order valence-corrected chi connectivity index (χ4v) is 2.12. The van der Waals surface area contributed by atoms with Gasteiger partial charge < -0.3 is 20.9 Å². The summed E-state index contributed by atoms with van der Waals surface area (Å²) in [5, 5.41) is 0. The van der Waals surface area contributed by atoms with Crippen LogP contribution in [0, 0.1) is 6.92 Å². The van der Waals surface area contributed by atoms with Crippen LogP contribution >= 0.6 is 0 Å². The number of ether oxygens (including phenoxy) is 2. The largest absolute Gasteiger partial charge is 0.455 e. The average molecular weight is 300 g/mol. The van der Waals surface area contributed by atoms with Crippen LogP contribution in [0.4, 0.5) is 11.4 Å². The highest BCUT2D eigenvalue weighted by Gasteiger charge is 2.14. The molecule has 0 heterocycles. The van der Waals surface area contributed by atoms with Crippen molar-refractivity contribution in [3.63, 3.8) is 0 Å². The molecular formula is C18H24N2O2. The van der Waals surface area contributed by atoms with Gasteiger partial charge in [-0.05, 0) is 49.2 Å². The minimum absolute atomic E-state index is 0.368. The second-order valence-corrected chi connectivity index (χ2v) is 5.36. The van der Waals surface area contributed by atoms with E-state index < -0.39 is 0 Å². The van der Waals surface area contributed by atoms with Crippen molar-refractivity contribution in [1.82, 2.24) is 0 Å². The van der Waals surface area contributed by atoms with Crippen LogP contribution in [0.3, 0.4) is 0 Å². The average Bonchev–Trinajstić information content (AvgIpc) is 2.50. The van der Waals surface area contributed by atoms with E-state index in [9.17, 15) is 0 Å². The van der Waals surface area contributed by atoms with Crippen molar-refractivity contribution in [1.29, 1.82) is 0 Å². The first-order valence-corrected chi connectivity index (χ1v) is 7.64. The topological polar surface area (TPSA) is 70.5 Å². The molecule has 0 amide bonds. The lowest BCUT2D eigenvalue weighted by Gasteiger charge is -2.21. The molecule has 0 aliphatic carbocycles. The molecule has 2 aromatic carbocycles.